The number of nitrogens with one attached hydrogen (secondary N) is 1. The third kappa shape index (κ3) is 2.80. The Hall–Kier alpha value is -2.26. The number of allylic oxidation sites excluding steroid dienone is 2. The third-order valence-electron chi connectivity index (χ3n) is 5.07. The van der Waals surface area contributed by atoms with Crippen LogP contribution < -0.4 is 5.32 Å². The zero-order valence-corrected chi connectivity index (χ0v) is 15.4. The Morgan fingerprint density at radius 2 is 1.92 bits per heavy atom. The zero-order chi connectivity index (χ0) is 18.6. The Morgan fingerprint density at radius 3 is 2.58 bits per heavy atom. The van der Waals surface area contributed by atoms with Gasteiger partial charge in [0.05, 0.1) is 26.9 Å². The Bertz CT molecular complexity index is 1060. The summed E-state index contributed by atoms with van der Waals surface area (Å²) in [7, 11) is -3.33. The number of anilines is 1. The first-order valence-corrected chi connectivity index (χ1v) is 10.8. The Balaban J connectivity index is 1.60. The van der Waals surface area contributed by atoms with E-state index in [-0.39, 0.29) is 22.6 Å². The van der Waals surface area contributed by atoms with Gasteiger partial charge in [0, 0.05) is 6.26 Å². The number of carboxylic acid groups (broad SMARTS) is 1. The SMILES string of the molecule is CS(=O)(=O)c1ccc2nc(NC(=O)[C@H]3[C@@H](C(=O)O)[C@H]4C=C[C@@H]3C4)sc2c1. The molecule has 4 rings (SSSR count). The van der Waals surface area contributed by atoms with Crippen molar-refractivity contribution in [1.29, 1.82) is 0 Å². The molecule has 0 spiro atoms. The standard InChI is InChI=1S/C17H16N2O5S2/c1-26(23,24)10-4-5-11-12(7-10)25-17(18-11)19-15(20)13-8-2-3-9(6-8)14(13)16(21)22/h2-5,7-9,13-14H,6H2,1H3,(H,21,22)(H,18,19,20)/t8-,9+,13-,14+/m1/s1. The lowest BCUT2D eigenvalue weighted by Crippen LogP contribution is -2.36. The average molecular weight is 392 g/mol. The largest absolute Gasteiger partial charge is 0.481 e. The molecule has 4 atom stereocenters. The number of nitrogens with zero attached hydrogens (tertiary/aromatic N) is 1. The highest BCUT2D eigenvalue weighted by atomic mass is 32.2. The molecule has 2 bridgehead atoms. The van der Waals surface area contributed by atoms with Crippen molar-refractivity contribution in [3.8, 4) is 0 Å². The molecular formula is C17H16N2O5S2. The second-order valence-electron chi connectivity index (χ2n) is 6.75. The summed E-state index contributed by atoms with van der Waals surface area (Å²) >= 11 is 1.17. The molecule has 1 saturated carbocycles. The number of hydrogen-bond donors (Lipinski definition) is 2. The molecule has 2 aromatic rings. The quantitative estimate of drug-likeness (QED) is 0.771. The molecule has 1 fully saturated rings. The number of aliphatic carboxylic acids is 1. The number of carbonyl (C=O) groups excluding carboxylic acids is 1. The number of aromatic nitrogens is 1. The normalized spacial score (nSPS) is 27.1. The average Bonchev–Trinajstić information content (AvgIpc) is 3.25. The van der Waals surface area contributed by atoms with Gasteiger partial charge >= 0.3 is 5.97 Å². The van der Waals surface area contributed by atoms with E-state index in [1.165, 1.54) is 23.5 Å². The van der Waals surface area contributed by atoms with Gasteiger partial charge in [0.15, 0.2) is 15.0 Å². The van der Waals surface area contributed by atoms with Crippen molar-refractivity contribution in [3.05, 3.63) is 30.4 Å². The van der Waals surface area contributed by atoms with Crippen LogP contribution in [0.2, 0.25) is 0 Å². The molecule has 2 aliphatic rings. The third-order valence-corrected chi connectivity index (χ3v) is 7.11. The number of sulfone groups is 1. The molecule has 2 aliphatic carbocycles. The van der Waals surface area contributed by atoms with Gasteiger partial charge < -0.3 is 10.4 Å². The summed E-state index contributed by atoms with van der Waals surface area (Å²) in [6.07, 6.45) is 5.63. The molecule has 26 heavy (non-hydrogen) atoms. The fourth-order valence-electron chi connectivity index (χ4n) is 3.89. The van der Waals surface area contributed by atoms with Crippen LogP contribution in [0, 0.1) is 23.7 Å². The topological polar surface area (TPSA) is 113 Å². The van der Waals surface area contributed by atoms with Crippen LogP contribution in [0.5, 0.6) is 0 Å². The minimum absolute atomic E-state index is 0.0627. The number of benzene rings is 1. The number of carbonyl (C=O) groups is 2. The molecule has 9 heteroatoms. The molecule has 2 N–H and O–H groups in total. The molecule has 1 aromatic heterocycles. The molecule has 1 heterocycles. The minimum atomic E-state index is -3.33. The van der Waals surface area contributed by atoms with Gasteiger partial charge in [-0.15, -0.1) is 0 Å². The second kappa shape index (κ2) is 5.88. The summed E-state index contributed by atoms with van der Waals surface area (Å²) in [5, 5.41) is 12.5. The number of carboxylic acids is 1. The van der Waals surface area contributed by atoms with Gasteiger partial charge in [0.1, 0.15) is 0 Å². The summed E-state index contributed by atoms with van der Waals surface area (Å²) in [6.45, 7) is 0. The maximum atomic E-state index is 12.7. The minimum Gasteiger partial charge on any atom is -0.481 e. The molecule has 0 radical (unpaired) electrons. The van der Waals surface area contributed by atoms with E-state index in [0.29, 0.717) is 21.8 Å². The van der Waals surface area contributed by atoms with Gasteiger partial charge in [0.2, 0.25) is 5.91 Å². The number of hydrogen-bond acceptors (Lipinski definition) is 6. The highest BCUT2D eigenvalue weighted by molar-refractivity contribution is 7.90. The van der Waals surface area contributed by atoms with Crippen molar-refractivity contribution < 1.29 is 23.1 Å². The molecule has 0 aliphatic heterocycles. The second-order valence-corrected chi connectivity index (χ2v) is 9.79. The lowest BCUT2D eigenvalue weighted by Gasteiger charge is -2.23. The maximum absolute atomic E-state index is 12.7. The zero-order valence-electron chi connectivity index (χ0n) is 13.7. The van der Waals surface area contributed by atoms with E-state index in [4.69, 9.17) is 0 Å². The van der Waals surface area contributed by atoms with Gasteiger partial charge in [-0.1, -0.05) is 23.5 Å². The van der Waals surface area contributed by atoms with Crippen molar-refractivity contribution in [2.75, 3.05) is 11.6 Å². The molecule has 7 nitrogen and oxygen atoms in total. The van der Waals surface area contributed by atoms with Crippen molar-refractivity contribution in [2.24, 2.45) is 23.7 Å². The van der Waals surface area contributed by atoms with Gasteiger partial charge in [-0.05, 0) is 36.5 Å². The summed E-state index contributed by atoms with van der Waals surface area (Å²) in [5.41, 5.74) is 0.584. The molecule has 0 unspecified atom stereocenters. The van der Waals surface area contributed by atoms with Crippen LogP contribution in [0.25, 0.3) is 10.2 Å². The van der Waals surface area contributed by atoms with Crippen LogP contribution in [0.3, 0.4) is 0 Å². The molecule has 0 saturated heterocycles. The van der Waals surface area contributed by atoms with Crippen molar-refractivity contribution in [1.82, 2.24) is 4.98 Å². The van der Waals surface area contributed by atoms with Gasteiger partial charge in [-0.25, -0.2) is 13.4 Å². The van der Waals surface area contributed by atoms with E-state index in [2.05, 4.69) is 10.3 Å². The fourth-order valence-corrected chi connectivity index (χ4v) is 5.52. The lowest BCUT2D eigenvalue weighted by molar-refractivity contribution is -0.146. The van der Waals surface area contributed by atoms with Crippen molar-refractivity contribution >= 4 is 48.4 Å². The number of fused-ring (bicyclic) bond motifs is 3. The van der Waals surface area contributed by atoms with Gasteiger partial charge in [-0.2, -0.15) is 0 Å². The van der Waals surface area contributed by atoms with Gasteiger partial charge in [-0.3, -0.25) is 9.59 Å². The van der Waals surface area contributed by atoms with E-state index < -0.39 is 27.6 Å². The molecule has 1 aromatic carbocycles. The van der Waals surface area contributed by atoms with Crippen molar-refractivity contribution in [2.45, 2.75) is 11.3 Å². The van der Waals surface area contributed by atoms with E-state index in [1.807, 2.05) is 12.2 Å². The van der Waals surface area contributed by atoms with E-state index in [9.17, 15) is 23.1 Å². The van der Waals surface area contributed by atoms with Crippen LogP contribution in [-0.2, 0) is 19.4 Å². The Morgan fingerprint density at radius 1 is 1.23 bits per heavy atom. The van der Waals surface area contributed by atoms with E-state index in [1.54, 1.807) is 6.07 Å². The van der Waals surface area contributed by atoms with Crippen LogP contribution in [-0.4, -0.2) is 36.6 Å². The predicted octanol–water partition coefficient (Wildman–Crippen LogP) is 2.16. The highest BCUT2D eigenvalue weighted by Gasteiger charge is 2.51. The number of amides is 1. The maximum Gasteiger partial charge on any atom is 0.307 e. The summed E-state index contributed by atoms with van der Waals surface area (Å²) in [5.74, 6) is -2.79. The van der Waals surface area contributed by atoms with E-state index >= 15 is 0 Å². The number of thiazole rings is 1. The monoisotopic (exact) mass is 392 g/mol. The van der Waals surface area contributed by atoms with E-state index in [0.717, 1.165) is 6.26 Å². The van der Waals surface area contributed by atoms with Crippen LogP contribution in [0.4, 0.5) is 5.13 Å². The lowest BCUT2D eigenvalue weighted by atomic mass is 9.82. The first-order valence-electron chi connectivity index (χ1n) is 8.06. The Labute approximate surface area is 153 Å². The number of rotatable bonds is 4. The smallest absolute Gasteiger partial charge is 0.307 e. The van der Waals surface area contributed by atoms with Gasteiger partial charge in [0.25, 0.3) is 0 Å². The fraction of sp³-hybridized carbons (Fsp3) is 0.353. The summed E-state index contributed by atoms with van der Waals surface area (Å²) in [4.78, 5) is 28.7. The van der Waals surface area contributed by atoms with Crippen molar-refractivity contribution in [3.63, 3.8) is 0 Å². The van der Waals surface area contributed by atoms with Crippen LogP contribution in [0.15, 0.2) is 35.2 Å². The Kier molecular flexibility index (Phi) is 3.89. The molecule has 136 valence electrons. The van der Waals surface area contributed by atoms with Crippen LogP contribution in [0.1, 0.15) is 6.42 Å². The van der Waals surface area contributed by atoms with Crippen LogP contribution >= 0.6 is 11.3 Å². The molecular weight excluding hydrogens is 376 g/mol. The summed E-state index contributed by atoms with van der Waals surface area (Å²) < 4.78 is 24.0. The summed E-state index contributed by atoms with van der Waals surface area (Å²) in [6, 6.07) is 4.60. The highest BCUT2D eigenvalue weighted by Crippen LogP contribution is 2.48. The first-order chi connectivity index (χ1) is 12.2. The molecule has 1 amide bonds. The first kappa shape index (κ1) is 17.2. The predicted molar refractivity (Wildman–Crippen MR) is 96.7 cm³/mol.